The fraction of sp³-hybridized carbons (Fsp3) is 0.583. The molecule has 0 aromatic carbocycles. The highest BCUT2D eigenvalue weighted by molar-refractivity contribution is 9.10. The highest BCUT2D eigenvalue weighted by Gasteiger charge is 2.23. The molecule has 0 N–H and O–H groups in total. The summed E-state index contributed by atoms with van der Waals surface area (Å²) in [5.41, 5.74) is 1.04. The number of ether oxygens (including phenoxy) is 2. The van der Waals surface area contributed by atoms with E-state index < -0.39 is 0 Å². The molecule has 1 unspecified atom stereocenters. The summed E-state index contributed by atoms with van der Waals surface area (Å²) in [6, 6.07) is 2.40. The molecule has 2 rings (SSSR count). The molecule has 2 heterocycles. The van der Waals surface area contributed by atoms with Gasteiger partial charge in [0.1, 0.15) is 5.69 Å². The van der Waals surface area contributed by atoms with Crippen LogP contribution in [0.3, 0.4) is 0 Å². The van der Waals surface area contributed by atoms with E-state index in [1.54, 1.807) is 6.20 Å². The minimum absolute atomic E-state index is 0.346. The van der Waals surface area contributed by atoms with E-state index in [2.05, 4.69) is 38.8 Å². The zero-order chi connectivity index (χ0) is 12.3. The molecule has 0 saturated carbocycles. The maximum absolute atomic E-state index is 5.58. The van der Waals surface area contributed by atoms with Gasteiger partial charge >= 0.3 is 0 Å². The van der Waals surface area contributed by atoms with Crippen LogP contribution in [-0.4, -0.2) is 37.4 Å². The normalized spacial score (nSPS) is 20.4. The number of pyridine rings is 1. The van der Waals surface area contributed by atoms with E-state index in [9.17, 15) is 0 Å². The monoisotopic (exact) mass is 300 g/mol. The number of hydrogen-bond acceptors (Lipinski definition) is 4. The van der Waals surface area contributed by atoms with Crippen LogP contribution in [0.1, 0.15) is 13.8 Å². The van der Waals surface area contributed by atoms with Gasteiger partial charge in [0.2, 0.25) is 5.88 Å². The summed E-state index contributed by atoms with van der Waals surface area (Å²) >= 11 is 3.46. The number of anilines is 1. The molecule has 1 aromatic heterocycles. The maximum atomic E-state index is 5.58. The standard InChI is InChI=1S/C12H17BrN2O2/c1-3-17-12-11(6-10(13)7-14-12)15-4-5-16-8-9(15)2/h6-7,9H,3-5,8H2,1-2H3. The minimum Gasteiger partial charge on any atom is -0.476 e. The Morgan fingerprint density at radius 1 is 1.65 bits per heavy atom. The fourth-order valence-electron chi connectivity index (χ4n) is 1.95. The van der Waals surface area contributed by atoms with Crippen LogP contribution in [0, 0.1) is 0 Å². The number of halogens is 1. The summed E-state index contributed by atoms with van der Waals surface area (Å²) in [7, 11) is 0. The lowest BCUT2D eigenvalue weighted by atomic mass is 10.2. The second-order valence-corrected chi connectivity index (χ2v) is 4.94. The molecular formula is C12H17BrN2O2. The van der Waals surface area contributed by atoms with Crippen molar-refractivity contribution in [2.24, 2.45) is 0 Å². The lowest BCUT2D eigenvalue weighted by molar-refractivity contribution is 0.0985. The van der Waals surface area contributed by atoms with Crippen LogP contribution in [0.2, 0.25) is 0 Å². The van der Waals surface area contributed by atoms with Crippen molar-refractivity contribution in [1.29, 1.82) is 0 Å². The molecule has 5 heteroatoms. The molecule has 94 valence electrons. The zero-order valence-corrected chi connectivity index (χ0v) is 11.7. The van der Waals surface area contributed by atoms with Crippen molar-refractivity contribution in [2.75, 3.05) is 31.3 Å². The molecule has 17 heavy (non-hydrogen) atoms. The van der Waals surface area contributed by atoms with Crippen LogP contribution in [0.25, 0.3) is 0 Å². The molecule has 0 radical (unpaired) electrons. The lowest BCUT2D eigenvalue weighted by Crippen LogP contribution is -2.44. The Balaban J connectivity index is 2.30. The van der Waals surface area contributed by atoms with Gasteiger partial charge in [-0.25, -0.2) is 4.98 Å². The molecule has 0 bridgehead atoms. The molecule has 1 atom stereocenters. The SMILES string of the molecule is CCOc1ncc(Br)cc1N1CCOCC1C. The van der Waals surface area contributed by atoms with E-state index in [4.69, 9.17) is 9.47 Å². The predicted molar refractivity (Wildman–Crippen MR) is 70.7 cm³/mol. The van der Waals surface area contributed by atoms with Gasteiger partial charge in [0, 0.05) is 23.3 Å². The maximum Gasteiger partial charge on any atom is 0.237 e. The third-order valence-electron chi connectivity index (χ3n) is 2.76. The second kappa shape index (κ2) is 5.69. The average molecular weight is 301 g/mol. The van der Waals surface area contributed by atoms with E-state index in [1.165, 1.54) is 0 Å². The van der Waals surface area contributed by atoms with Gasteiger partial charge < -0.3 is 14.4 Å². The van der Waals surface area contributed by atoms with Crippen molar-refractivity contribution in [3.8, 4) is 5.88 Å². The molecule has 4 nitrogen and oxygen atoms in total. The summed E-state index contributed by atoms with van der Waals surface area (Å²) in [6.07, 6.45) is 1.76. The quantitative estimate of drug-likeness (QED) is 0.859. The largest absolute Gasteiger partial charge is 0.476 e. The topological polar surface area (TPSA) is 34.6 Å². The van der Waals surface area contributed by atoms with Gasteiger partial charge in [-0.05, 0) is 35.8 Å². The molecular weight excluding hydrogens is 284 g/mol. The Morgan fingerprint density at radius 2 is 2.47 bits per heavy atom. The van der Waals surface area contributed by atoms with Crippen molar-refractivity contribution in [1.82, 2.24) is 4.98 Å². The van der Waals surface area contributed by atoms with E-state index in [0.29, 0.717) is 18.5 Å². The van der Waals surface area contributed by atoms with Crippen molar-refractivity contribution in [3.05, 3.63) is 16.7 Å². The molecule has 1 aliphatic heterocycles. The van der Waals surface area contributed by atoms with E-state index in [-0.39, 0.29) is 0 Å². The summed E-state index contributed by atoms with van der Waals surface area (Å²) in [5.74, 6) is 0.699. The van der Waals surface area contributed by atoms with Crippen LogP contribution in [-0.2, 0) is 4.74 Å². The summed E-state index contributed by atoms with van der Waals surface area (Å²) in [4.78, 5) is 6.61. The van der Waals surface area contributed by atoms with E-state index in [0.717, 1.165) is 29.9 Å². The number of rotatable bonds is 3. The van der Waals surface area contributed by atoms with Gasteiger partial charge in [-0.1, -0.05) is 0 Å². The van der Waals surface area contributed by atoms with Crippen molar-refractivity contribution >= 4 is 21.6 Å². The van der Waals surface area contributed by atoms with Gasteiger partial charge in [0.25, 0.3) is 0 Å². The first-order valence-electron chi connectivity index (χ1n) is 5.85. The van der Waals surface area contributed by atoms with Gasteiger partial charge in [-0.2, -0.15) is 0 Å². The number of hydrogen-bond donors (Lipinski definition) is 0. The molecule has 1 aromatic rings. The summed E-state index contributed by atoms with van der Waals surface area (Å²) < 4.78 is 12.0. The molecule has 1 saturated heterocycles. The van der Waals surface area contributed by atoms with Crippen molar-refractivity contribution < 1.29 is 9.47 Å². The Hall–Kier alpha value is -0.810. The first kappa shape index (κ1) is 12.6. The molecule has 0 aliphatic carbocycles. The summed E-state index contributed by atoms with van der Waals surface area (Å²) in [6.45, 7) is 7.12. The first-order valence-corrected chi connectivity index (χ1v) is 6.64. The van der Waals surface area contributed by atoms with Crippen LogP contribution >= 0.6 is 15.9 Å². The van der Waals surface area contributed by atoms with Gasteiger partial charge in [0.15, 0.2) is 0 Å². The Labute approximate surface area is 110 Å². The average Bonchev–Trinajstić information content (AvgIpc) is 2.32. The first-order chi connectivity index (χ1) is 8.22. The van der Waals surface area contributed by atoms with Crippen molar-refractivity contribution in [2.45, 2.75) is 19.9 Å². The molecule has 1 fully saturated rings. The van der Waals surface area contributed by atoms with Crippen LogP contribution in [0.15, 0.2) is 16.7 Å². The predicted octanol–water partition coefficient (Wildman–Crippen LogP) is 2.47. The Morgan fingerprint density at radius 3 is 3.18 bits per heavy atom. The van der Waals surface area contributed by atoms with Crippen LogP contribution in [0.4, 0.5) is 5.69 Å². The Kier molecular flexibility index (Phi) is 4.23. The third-order valence-corrected chi connectivity index (χ3v) is 3.19. The number of nitrogens with zero attached hydrogens (tertiary/aromatic N) is 2. The fourth-order valence-corrected chi connectivity index (χ4v) is 2.27. The minimum atomic E-state index is 0.346. The molecule has 0 amide bonds. The number of aromatic nitrogens is 1. The van der Waals surface area contributed by atoms with Gasteiger partial charge in [0.05, 0.1) is 19.8 Å². The van der Waals surface area contributed by atoms with Crippen LogP contribution < -0.4 is 9.64 Å². The van der Waals surface area contributed by atoms with Crippen molar-refractivity contribution in [3.63, 3.8) is 0 Å². The second-order valence-electron chi connectivity index (χ2n) is 4.03. The number of morpholine rings is 1. The zero-order valence-electron chi connectivity index (χ0n) is 10.1. The highest BCUT2D eigenvalue weighted by Crippen LogP contribution is 2.31. The van der Waals surface area contributed by atoms with E-state index >= 15 is 0 Å². The third kappa shape index (κ3) is 2.90. The molecule has 0 spiro atoms. The smallest absolute Gasteiger partial charge is 0.237 e. The molecule has 1 aliphatic rings. The van der Waals surface area contributed by atoms with E-state index in [1.807, 2.05) is 6.92 Å². The van der Waals surface area contributed by atoms with Gasteiger partial charge in [-0.15, -0.1) is 0 Å². The highest BCUT2D eigenvalue weighted by atomic mass is 79.9. The van der Waals surface area contributed by atoms with Crippen LogP contribution in [0.5, 0.6) is 5.88 Å². The Bertz CT molecular complexity index is 387. The summed E-state index contributed by atoms with van der Waals surface area (Å²) in [5, 5.41) is 0. The lowest BCUT2D eigenvalue weighted by Gasteiger charge is -2.35. The van der Waals surface area contributed by atoms with Gasteiger partial charge in [-0.3, -0.25) is 0 Å².